The molecule has 0 aliphatic carbocycles. The lowest BCUT2D eigenvalue weighted by Crippen LogP contribution is -2.48. The van der Waals surface area contributed by atoms with Crippen LogP contribution in [0.15, 0.2) is 12.7 Å². The summed E-state index contributed by atoms with van der Waals surface area (Å²) in [5, 5.41) is 0. The Kier molecular flexibility index (Phi) is 4.00. The first-order chi connectivity index (χ1) is 7.76. The molecule has 2 heterocycles. The average Bonchev–Trinajstić information content (AvgIpc) is 2.30. The van der Waals surface area contributed by atoms with Gasteiger partial charge in [-0.2, -0.15) is 0 Å². The predicted molar refractivity (Wildman–Crippen MR) is 64.2 cm³/mol. The summed E-state index contributed by atoms with van der Waals surface area (Å²) in [7, 11) is 0. The molecule has 0 radical (unpaired) electrons. The summed E-state index contributed by atoms with van der Waals surface area (Å²) < 4.78 is 11.4. The molecule has 3 nitrogen and oxygen atoms in total. The molecule has 0 aromatic carbocycles. The number of rotatable bonds is 3. The van der Waals surface area contributed by atoms with E-state index in [1.807, 2.05) is 6.08 Å². The van der Waals surface area contributed by atoms with E-state index in [9.17, 15) is 0 Å². The lowest BCUT2D eigenvalue weighted by atomic mass is 9.77. The number of nitrogens with two attached hydrogens (primary N) is 1. The minimum atomic E-state index is 0.0694. The fraction of sp³-hybridized carbons (Fsp3) is 0.846. The molecule has 2 fully saturated rings. The van der Waals surface area contributed by atoms with E-state index in [2.05, 4.69) is 6.58 Å². The Hall–Kier alpha value is -0.380. The van der Waals surface area contributed by atoms with Crippen molar-refractivity contribution in [3.63, 3.8) is 0 Å². The maximum atomic E-state index is 6.19. The molecule has 2 unspecified atom stereocenters. The number of ether oxygens (including phenoxy) is 2. The highest BCUT2D eigenvalue weighted by atomic mass is 16.5. The van der Waals surface area contributed by atoms with Crippen LogP contribution in [0, 0.1) is 5.92 Å². The van der Waals surface area contributed by atoms with Gasteiger partial charge < -0.3 is 15.2 Å². The van der Waals surface area contributed by atoms with Crippen molar-refractivity contribution < 1.29 is 9.47 Å². The smallest absolute Gasteiger partial charge is 0.0729 e. The molecule has 16 heavy (non-hydrogen) atoms. The van der Waals surface area contributed by atoms with Gasteiger partial charge in [-0.1, -0.05) is 6.08 Å². The van der Waals surface area contributed by atoms with Gasteiger partial charge in [0.15, 0.2) is 0 Å². The lowest BCUT2D eigenvalue weighted by Gasteiger charge is -2.44. The quantitative estimate of drug-likeness (QED) is 0.746. The lowest BCUT2D eigenvalue weighted by molar-refractivity contribution is -0.149. The predicted octanol–water partition coefficient (Wildman–Crippen LogP) is 1.87. The van der Waals surface area contributed by atoms with Crippen molar-refractivity contribution in [3.05, 3.63) is 12.7 Å². The average molecular weight is 225 g/mol. The molecule has 0 aromatic heterocycles. The van der Waals surface area contributed by atoms with E-state index >= 15 is 0 Å². The van der Waals surface area contributed by atoms with Crippen molar-refractivity contribution >= 4 is 0 Å². The summed E-state index contributed by atoms with van der Waals surface area (Å²) in [6, 6.07) is 0.251. The Balaban J connectivity index is 1.94. The maximum Gasteiger partial charge on any atom is 0.0729 e. The Labute approximate surface area is 98.0 Å². The van der Waals surface area contributed by atoms with Gasteiger partial charge in [-0.25, -0.2) is 0 Å². The van der Waals surface area contributed by atoms with E-state index in [1.54, 1.807) is 0 Å². The van der Waals surface area contributed by atoms with E-state index in [4.69, 9.17) is 15.2 Å². The van der Waals surface area contributed by atoms with E-state index in [0.29, 0.717) is 5.92 Å². The van der Waals surface area contributed by atoms with Crippen molar-refractivity contribution in [2.45, 2.75) is 43.7 Å². The van der Waals surface area contributed by atoms with Crippen LogP contribution < -0.4 is 5.73 Å². The summed E-state index contributed by atoms with van der Waals surface area (Å²) in [6.07, 6.45) is 7.10. The number of hydrogen-bond acceptors (Lipinski definition) is 3. The highest BCUT2D eigenvalue weighted by Crippen LogP contribution is 2.38. The standard InChI is InChI=1S/C13H23NO2/c1-2-3-12(14)11-4-7-16-13(10-11)5-8-15-9-6-13/h2,11-12H,1,3-10,14H2. The van der Waals surface area contributed by atoms with Gasteiger partial charge in [0.2, 0.25) is 0 Å². The normalized spacial score (nSPS) is 31.2. The van der Waals surface area contributed by atoms with E-state index < -0.39 is 0 Å². The third-order valence-corrected chi connectivity index (χ3v) is 3.98. The van der Waals surface area contributed by atoms with Crippen molar-refractivity contribution in [3.8, 4) is 0 Å². The van der Waals surface area contributed by atoms with Crippen molar-refractivity contribution in [2.24, 2.45) is 11.7 Å². The highest BCUT2D eigenvalue weighted by Gasteiger charge is 2.40. The van der Waals surface area contributed by atoms with Crippen LogP contribution >= 0.6 is 0 Å². The first-order valence-corrected chi connectivity index (χ1v) is 6.34. The summed E-state index contributed by atoms with van der Waals surface area (Å²) in [5.74, 6) is 0.588. The topological polar surface area (TPSA) is 44.5 Å². The van der Waals surface area contributed by atoms with E-state index in [0.717, 1.165) is 51.9 Å². The highest BCUT2D eigenvalue weighted by molar-refractivity contribution is 4.93. The summed E-state index contributed by atoms with van der Waals surface area (Å²) in [4.78, 5) is 0. The van der Waals surface area contributed by atoms with Gasteiger partial charge in [-0.05, 0) is 38.0 Å². The van der Waals surface area contributed by atoms with Crippen LogP contribution in [0.4, 0.5) is 0 Å². The largest absolute Gasteiger partial charge is 0.381 e. The van der Waals surface area contributed by atoms with Crippen LogP contribution in [0.5, 0.6) is 0 Å². The Morgan fingerprint density at radius 3 is 2.81 bits per heavy atom. The minimum absolute atomic E-state index is 0.0694. The molecule has 2 aliphatic rings. The monoisotopic (exact) mass is 225 g/mol. The summed E-state index contributed by atoms with van der Waals surface area (Å²) in [6.45, 7) is 6.30. The van der Waals surface area contributed by atoms with Crippen molar-refractivity contribution in [1.82, 2.24) is 0 Å². The first kappa shape index (κ1) is 12.1. The molecule has 0 saturated carbocycles. The van der Waals surface area contributed by atoms with Gasteiger partial charge in [0.05, 0.1) is 5.60 Å². The zero-order valence-corrected chi connectivity index (χ0v) is 9.99. The Bertz CT molecular complexity index is 231. The molecule has 0 bridgehead atoms. The molecule has 2 aliphatic heterocycles. The van der Waals surface area contributed by atoms with E-state index in [-0.39, 0.29) is 11.6 Å². The van der Waals surface area contributed by atoms with Crippen LogP contribution in [0.1, 0.15) is 32.1 Å². The van der Waals surface area contributed by atoms with Gasteiger partial charge in [0.25, 0.3) is 0 Å². The zero-order chi connectivity index (χ0) is 11.4. The first-order valence-electron chi connectivity index (χ1n) is 6.34. The van der Waals surface area contributed by atoms with Gasteiger partial charge in [0, 0.05) is 25.9 Å². The zero-order valence-electron chi connectivity index (χ0n) is 9.99. The maximum absolute atomic E-state index is 6.19. The second-order valence-corrected chi connectivity index (χ2v) is 5.08. The molecule has 0 amide bonds. The fourth-order valence-corrected chi connectivity index (χ4v) is 2.91. The van der Waals surface area contributed by atoms with Crippen LogP contribution in [-0.4, -0.2) is 31.5 Å². The van der Waals surface area contributed by atoms with Crippen LogP contribution in [-0.2, 0) is 9.47 Å². The van der Waals surface area contributed by atoms with Gasteiger partial charge in [-0.15, -0.1) is 6.58 Å². The second kappa shape index (κ2) is 5.30. The minimum Gasteiger partial charge on any atom is -0.381 e. The third-order valence-electron chi connectivity index (χ3n) is 3.98. The number of hydrogen-bond donors (Lipinski definition) is 1. The fourth-order valence-electron chi connectivity index (χ4n) is 2.91. The van der Waals surface area contributed by atoms with Gasteiger partial charge in [-0.3, -0.25) is 0 Å². The summed E-state index contributed by atoms with van der Waals surface area (Å²) >= 11 is 0. The summed E-state index contributed by atoms with van der Waals surface area (Å²) in [5.41, 5.74) is 6.26. The molecule has 0 aromatic rings. The van der Waals surface area contributed by atoms with Crippen molar-refractivity contribution in [1.29, 1.82) is 0 Å². The van der Waals surface area contributed by atoms with Gasteiger partial charge in [0.1, 0.15) is 0 Å². The van der Waals surface area contributed by atoms with Crippen LogP contribution in [0.3, 0.4) is 0 Å². The molecular weight excluding hydrogens is 202 g/mol. The van der Waals surface area contributed by atoms with Crippen molar-refractivity contribution in [2.75, 3.05) is 19.8 Å². The van der Waals surface area contributed by atoms with E-state index in [1.165, 1.54) is 0 Å². The molecule has 2 rings (SSSR count). The molecule has 92 valence electrons. The molecule has 2 saturated heterocycles. The molecule has 2 N–H and O–H groups in total. The Morgan fingerprint density at radius 1 is 1.38 bits per heavy atom. The van der Waals surface area contributed by atoms with Gasteiger partial charge >= 0.3 is 0 Å². The third kappa shape index (κ3) is 2.65. The second-order valence-electron chi connectivity index (χ2n) is 5.08. The molecule has 1 spiro atoms. The molecular formula is C13H23NO2. The Morgan fingerprint density at radius 2 is 2.12 bits per heavy atom. The van der Waals surface area contributed by atoms with Crippen LogP contribution in [0.25, 0.3) is 0 Å². The SMILES string of the molecule is C=CCC(N)C1CCOC2(CCOCC2)C1. The molecule has 2 atom stereocenters. The molecule has 3 heteroatoms. The van der Waals surface area contributed by atoms with Crippen LogP contribution in [0.2, 0.25) is 0 Å².